The van der Waals surface area contributed by atoms with Crippen LogP contribution in [-0.2, 0) is 11.3 Å². The number of piperidine rings is 1. The monoisotopic (exact) mass is 402 g/mol. The summed E-state index contributed by atoms with van der Waals surface area (Å²) in [5.74, 6) is 2.53. The Balaban J connectivity index is 0.00000225. The zero-order valence-corrected chi connectivity index (χ0v) is 17.6. The highest BCUT2D eigenvalue weighted by Crippen LogP contribution is 2.56. The number of rotatable bonds is 9. The first-order chi connectivity index (χ1) is 11.7. The van der Waals surface area contributed by atoms with E-state index < -0.39 is 0 Å². The number of unbranched alkanes of at least 4 members (excludes halogenated alkanes) is 1. The van der Waals surface area contributed by atoms with Crippen molar-refractivity contribution in [3.05, 3.63) is 22.4 Å². The van der Waals surface area contributed by atoms with Crippen LogP contribution in [0.1, 0.15) is 51.0 Å². The Labute approximate surface area is 166 Å². The van der Waals surface area contributed by atoms with Crippen molar-refractivity contribution in [2.75, 3.05) is 24.6 Å². The SMILES string of the molecule is CCCCSCCC(=O)N(Cc1ccsc1)C1CC12CCNCC2.Cl. The van der Waals surface area contributed by atoms with Gasteiger partial charge < -0.3 is 10.2 Å². The Morgan fingerprint density at radius 1 is 1.40 bits per heavy atom. The maximum absolute atomic E-state index is 12.9. The molecular weight excluding hydrogens is 372 g/mol. The lowest BCUT2D eigenvalue weighted by Gasteiger charge is -2.29. The number of carbonyl (C=O) groups is 1. The third-order valence-corrected chi connectivity index (χ3v) is 7.28. The highest BCUT2D eigenvalue weighted by molar-refractivity contribution is 7.99. The van der Waals surface area contributed by atoms with E-state index in [2.05, 4.69) is 34.0 Å². The molecule has 2 heterocycles. The lowest BCUT2D eigenvalue weighted by Crippen LogP contribution is -2.39. The van der Waals surface area contributed by atoms with E-state index in [-0.39, 0.29) is 12.4 Å². The fourth-order valence-corrected chi connectivity index (χ4v) is 5.51. The minimum atomic E-state index is 0. The average molecular weight is 403 g/mol. The minimum absolute atomic E-state index is 0. The zero-order chi connectivity index (χ0) is 16.8. The van der Waals surface area contributed by atoms with E-state index in [0.29, 0.717) is 23.8 Å². The number of hydrogen-bond acceptors (Lipinski definition) is 4. The number of halogens is 1. The van der Waals surface area contributed by atoms with Gasteiger partial charge in [-0.2, -0.15) is 23.1 Å². The van der Waals surface area contributed by atoms with Gasteiger partial charge in [0, 0.05) is 24.8 Å². The molecule has 142 valence electrons. The van der Waals surface area contributed by atoms with Crippen LogP contribution in [0.5, 0.6) is 0 Å². The first kappa shape index (κ1) is 21.1. The van der Waals surface area contributed by atoms with Gasteiger partial charge in [-0.15, -0.1) is 12.4 Å². The van der Waals surface area contributed by atoms with Crippen molar-refractivity contribution in [3.63, 3.8) is 0 Å². The maximum Gasteiger partial charge on any atom is 0.223 e. The molecule has 1 N–H and O–H groups in total. The van der Waals surface area contributed by atoms with Crippen molar-refractivity contribution < 1.29 is 4.79 Å². The normalized spacial score (nSPS) is 20.9. The quantitative estimate of drug-likeness (QED) is 0.614. The lowest BCUT2D eigenvalue weighted by atomic mass is 9.93. The smallest absolute Gasteiger partial charge is 0.223 e. The van der Waals surface area contributed by atoms with Crippen molar-refractivity contribution in [2.45, 2.75) is 58.0 Å². The lowest BCUT2D eigenvalue weighted by molar-refractivity contribution is -0.132. The summed E-state index contributed by atoms with van der Waals surface area (Å²) in [6.07, 6.45) is 6.88. The molecule has 0 aromatic carbocycles. The molecule has 1 aliphatic carbocycles. The van der Waals surface area contributed by atoms with Crippen molar-refractivity contribution in [3.8, 4) is 0 Å². The largest absolute Gasteiger partial charge is 0.335 e. The van der Waals surface area contributed by atoms with Gasteiger partial charge in [0.1, 0.15) is 0 Å². The van der Waals surface area contributed by atoms with Crippen LogP contribution in [0.25, 0.3) is 0 Å². The molecule has 1 aromatic heterocycles. The van der Waals surface area contributed by atoms with Crippen molar-refractivity contribution in [1.29, 1.82) is 0 Å². The maximum atomic E-state index is 12.9. The first-order valence-electron chi connectivity index (χ1n) is 9.34. The third-order valence-electron chi connectivity index (χ3n) is 5.48. The summed E-state index contributed by atoms with van der Waals surface area (Å²) >= 11 is 3.66. The minimum Gasteiger partial charge on any atom is -0.335 e. The Morgan fingerprint density at radius 3 is 2.88 bits per heavy atom. The van der Waals surface area contributed by atoms with E-state index >= 15 is 0 Å². The molecule has 0 radical (unpaired) electrons. The molecule has 1 aromatic rings. The molecule has 1 amide bonds. The standard InChI is InChI=1S/C19H30N2OS2.ClH/c1-2-3-10-23-12-5-18(22)21(14-16-4-11-24-15-16)17-13-19(17)6-8-20-9-7-19;/h4,11,15,17,20H,2-3,5-10,12-14H2,1H3;1H. The number of thiophene rings is 1. The number of hydrogen-bond donors (Lipinski definition) is 1. The predicted molar refractivity (Wildman–Crippen MR) is 112 cm³/mol. The summed E-state index contributed by atoms with van der Waals surface area (Å²) in [6.45, 7) is 5.26. The molecule has 1 atom stereocenters. The molecule has 1 saturated heterocycles. The summed E-state index contributed by atoms with van der Waals surface area (Å²) in [6, 6.07) is 2.64. The van der Waals surface area contributed by atoms with Gasteiger partial charge in [0.15, 0.2) is 0 Å². The van der Waals surface area contributed by atoms with Gasteiger partial charge in [-0.25, -0.2) is 0 Å². The molecule has 1 unspecified atom stereocenters. The van der Waals surface area contributed by atoms with Crippen LogP contribution in [0.2, 0.25) is 0 Å². The number of thioether (sulfide) groups is 1. The first-order valence-corrected chi connectivity index (χ1v) is 11.4. The molecule has 1 saturated carbocycles. The Morgan fingerprint density at radius 2 is 2.20 bits per heavy atom. The van der Waals surface area contributed by atoms with Crippen LogP contribution in [0.3, 0.4) is 0 Å². The molecule has 2 fully saturated rings. The van der Waals surface area contributed by atoms with E-state index in [1.807, 2.05) is 11.8 Å². The number of nitrogens with zero attached hydrogens (tertiary/aromatic N) is 1. The van der Waals surface area contributed by atoms with Gasteiger partial charge in [0.05, 0.1) is 0 Å². The van der Waals surface area contributed by atoms with Crippen molar-refractivity contribution in [1.82, 2.24) is 10.2 Å². The van der Waals surface area contributed by atoms with Crippen LogP contribution in [-0.4, -0.2) is 41.4 Å². The number of amides is 1. The average Bonchev–Trinajstić information content (AvgIpc) is 3.03. The molecule has 1 spiro atoms. The summed E-state index contributed by atoms with van der Waals surface area (Å²) in [4.78, 5) is 15.1. The van der Waals surface area contributed by atoms with E-state index in [1.165, 1.54) is 43.4 Å². The highest BCUT2D eigenvalue weighted by Gasteiger charge is 2.57. The summed E-state index contributed by atoms with van der Waals surface area (Å²) < 4.78 is 0. The topological polar surface area (TPSA) is 32.3 Å². The van der Waals surface area contributed by atoms with Gasteiger partial charge in [-0.1, -0.05) is 13.3 Å². The second-order valence-corrected chi connectivity index (χ2v) is 9.21. The molecule has 1 aliphatic heterocycles. The van der Waals surface area contributed by atoms with Gasteiger partial charge in [-0.3, -0.25) is 4.79 Å². The number of carbonyl (C=O) groups excluding carboxylic acids is 1. The molecule has 0 bridgehead atoms. The Hall–Kier alpha value is -0.230. The highest BCUT2D eigenvalue weighted by atomic mass is 35.5. The van der Waals surface area contributed by atoms with Crippen LogP contribution >= 0.6 is 35.5 Å². The molecule has 3 nitrogen and oxygen atoms in total. The third kappa shape index (κ3) is 5.62. The van der Waals surface area contributed by atoms with Gasteiger partial charge in [-0.05, 0) is 72.3 Å². The Bertz CT molecular complexity index is 518. The Kier molecular flexibility index (Phi) is 8.59. The van der Waals surface area contributed by atoms with E-state index in [9.17, 15) is 4.79 Å². The second kappa shape index (κ2) is 10.2. The second-order valence-electron chi connectivity index (χ2n) is 7.20. The van der Waals surface area contributed by atoms with Crippen LogP contribution in [0, 0.1) is 5.41 Å². The van der Waals surface area contributed by atoms with Crippen LogP contribution in [0.15, 0.2) is 16.8 Å². The van der Waals surface area contributed by atoms with Gasteiger partial charge >= 0.3 is 0 Å². The number of nitrogens with one attached hydrogen (secondary N) is 1. The molecule has 2 aliphatic rings. The molecule has 25 heavy (non-hydrogen) atoms. The summed E-state index contributed by atoms with van der Waals surface area (Å²) in [7, 11) is 0. The molecular formula is C19H31ClN2OS2. The van der Waals surface area contributed by atoms with E-state index in [1.54, 1.807) is 11.3 Å². The van der Waals surface area contributed by atoms with E-state index in [0.717, 1.165) is 25.4 Å². The van der Waals surface area contributed by atoms with Gasteiger partial charge in [0.2, 0.25) is 5.91 Å². The fraction of sp³-hybridized carbons (Fsp3) is 0.737. The van der Waals surface area contributed by atoms with E-state index in [4.69, 9.17) is 0 Å². The van der Waals surface area contributed by atoms with Crippen molar-refractivity contribution >= 4 is 41.4 Å². The molecule has 3 rings (SSSR count). The predicted octanol–water partition coefficient (Wildman–Crippen LogP) is 4.56. The van der Waals surface area contributed by atoms with Crippen LogP contribution in [0.4, 0.5) is 0 Å². The van der Waals surface area contributed by atoms with Crippen LogP contribution < -0.4 is 5.32 Å². The zero-order valence-electron chi connectivity index (χ0n) is 15.2. The van der Waals surface area contributed by atoms with Gasteiger partial charge in [0.25, 0.3) is 0 Å². The summed E-state index contributed by atoms with van der Waals surface area (Å²) in [5.41, 5.74) is 1.72. The fourth-order valence-electron chi connectivity index (χ4n) is 3.83. The molecule has 6 heteroatoms. The van der Waals surface area contributed by atoms with Crippen molar-refractivity contribution in [2.24, 2.45) is 5.41 Å². The summed E-state index contributed by atoms with van der Waals surface area (Å²) in [5, 5.41) is 7.77.